The monoisotopic (exact) mass is 525 g/mol. The highest BCUT2D eigenvalue weighted by Crippen LogP contribution is 2.32. The highest BCUT2D eigenvalue weighted by Gasteiger charge is 2.40. The van der Waals surface area contributed by atoms with Gasteiger partial charge < -0.3 is 14.5 Å². The predicted molar refractivity (Wildman–Crippen MR) is 124 cm³/mol. The van der Waals surface area contributed by atoms with E-state index >= 15 is 0 Å². The topological polar surface area (TPSA) is 70.9 Å². The van der Waals surface area contributed by atoms with Crippen molar-refractivity contribution in [3.05, 3.63) is 51.8 Å². The lowest BCUT2D eigenvalue weighted by atomic mass is 10.1. The van der Waals surface area contributed by atoms with Gasteiger partial charge in [-0.3, -0.25) is 14.4 Å². The molecule has 2 unspecified atom stereocenters. The Morgan fingerprint density at radius 2 is 1.81 bits per heavy atom. The molecule has 2 fully saturated rings. The lowest BCUT2D eigenvalue weighted by Gasteiger charge is -2.38. The number of hydrogen-bond acceptors (Lipinski definition) is 5. The summed E-state index contributed by atoms with van der Waals surface area (Å²) >= 11 is 5.81. The molecule has 1 aromatic carbocycles. The molecule has 4 heterocycles. The van der Waals surface area contributed by atoms with Crippen molar-refractivity contribution in [2.75, 3.05) is 26.7 Å². The number of fused-ring (bicyclic) bond motifs is 3. The standard InChI is InChI=1S/C24H27ClF3N5O3/c1-30-18-3-4-19(30)12-32(11-18)22(34)21-10-20-13-31(5-2-6-33(20)29-21)23(35)36-14-15-7-16(24(26,27)28)9-17(25)8-15/h7-10,18-19H,2-6,11-14H2,1H3. The molecule has 1 aromatic heterocycles. The zero-order valence-corrected chi connectivity index (χ0v) is 20.6. The highest BCUT2D eigenvalue weighted by atomic mass is 35.5. The Hall–Kier alpha value is -2.79. The van der Waals surface area contributed by atoms with E-state index in [2.05, 4.69) is 17.0 Å². The number of ether oxygens (including phenoxy) is 1. The molecule has 2 atom stereocenters. The van der Waals surface area contributed by atoms with Crippen LogP contribution < -0.4 is 0 Å². The van der Waals surface area contributed by atoms with Gasteiger partial charge in [0.25, 0.3) is 5.91 Å². The third-order valence-corrected chi connectivity index (χ3v) is 7.49. The Balaban J connectivity index is 1.23. The van der Waals surface area contributed by atoms with Gasteiger partial charge in [-0.1, -0.05) is 11.6 Å². The molecule has 3 aliphatic rings. The summed E-state index contributed by atoms with van der Waals surface area (Å²) in [6.45, 7) is 2.17. The quantitative estimate of drug-likeness (QED) is 0.605. The van der Waals surface area contributed by atoms with Gasteiger partial charge in [0.15, 0.2) is 5.69 Å². The van der Waals surface area contributed by atoms with Gasteiger partial charge in [0.1, 0.15) is 6.61 Å². The summed E-state index contributed by atoms with van der Waals surface area (Å²) in [6, 6.07) is 5.56. The first-order valence-electron chi connectivity index (χ1n) is 11.9. The molecular formula is C24H27ClF3N5O3. The maximum Gasteiger partial charge on any atom is 0.416 e. The van der Waals surface area contributed by atoms with Crippen molar-refractivity contribution in [2.24, 2.45) is 0 Å². The molecule has 2 amide bonds. The number of carbonyl (C=O) groups excluding carboxylic acids is 2. The van der Waals surface area contributed by atoms with Gasteiger partial charge >= 0.3 is 12.3 Å². The van der Waals surface area contributed by atoms with Gasteiger partial charge in [-0.05, 0) is 56.1 Å². The summed E-state index contributed by atoms with van der Waals surface area (Å²) in [6.07, 6.45) is -2.42. The minimum absolute atomic E-state index is 0.0832. The zero-order valence-electron chi connectivity index (χ0n) is 19.8. The fourth-order valence-corrected chi connectivity index (χ4v) is 5.56. The van der Waals surface area contributed by atoms with Gasteiger partial charge in [-0.25, -0.2) is 4.79 Å². The van der Waals surface area contributed by atoms with Crippen LogP contribution in [0.4, 0.5) is 18.0 Å². The second kappa shape index (κ2) is 9.59. The van der Waals surface area contributed by atoms with E-state index in [-0.39, 0.29) is 29.6 Å². The number of piperazine rings is 1. The summed E-state index contributed by atoms with van der Waals surface area (Å²) in [4.78, 5) is 31.6. The molecule has 2 bridgehead atoms. The first-order valence-corrected chi connectivity index (χ1v) is 12.3. The van der Waals surface area contributed by atoms with Crippen molar-refractivity contribution >= 4 is 23.6 Å². The van der Waals surface area contributed by atoms with Crippen LogP contribution in [0.5, 0.6) is 0 Å². The highest BCUT2D eigenvalue weighted by molar-refractivity contribution is 6.30. The van der Waals surface area contributed by atoms with E-state index in [1.54, 1.807) is 10.7 Å². The minimum atomic E-state index is -4.55. The van der Waals surface area contributed by atoms with Gasteiger partial charge in [0.2, 0.25) is 0 Å². The normalized spacial score (nSPS) is 22.4. The van der Waals surface area contributed by atoms with Crippen molar-refractivity contribution < 1.29 is 27.5 Å². The minimum Gasteiger partial charge on any atom is -0.445 e. The van der Waals surface area contributed by atoms with Crippen molar-refractivity contribution in [3.63, 3.8) is 0 Å². The number of benzene rings is 1. The van der Waals surface area contributed by atoms with Crippen LogP contribution in [-0.4, -0.2) is 75.2 Å². The van der Waals surface area contributed by atoms with E-state index < -0.39 is 17.8 Å². The smallest absolute Gasteiger partial charge is 0.416 e. The Bertz CT molecular complexity index is 1160. The van der Waals surface area contributed by atoms with E-state index in [9.17, 15) is 22.8 Å². The summed E-state index contributed by atoms with van der Waals surface area (Å²) < 4.78 is 46.2. The van der Waals surface area contributed by atoms with E-state index in [0.29, 0.717) is 56.1 Å². The zero-order chi connectivity index (χ0) is 25.6. The van der Waals surface area contributed by atoms with E-state index in [0.717, 1.165) is 25.0 Å². The van der Waals surface area contributed by atoms with Crippen LogP contribution in [0.1, 0.15) is 46.6 Å². The molecular weight excluding hydrogens is 499 g/mol. The van der Waals surface area contributed by atoms with Crippen LogP contribution in [0.3, 0.4) is 0 Å². The third-order valence-electron chi connectivity index (χ3n) is 7.27. The van der Waals surface area contributed by atoms with Gasteiger partial charge in [-0.15, -0.1) is 0 Å². The number of aryl methyl sites for hydroxylation is 1. The molecule has 2 saturated heterocycles. The van der Waals surface area contributed by atoms with E-state index in [4.69, 9.17) is 16.3 Å². The Labute approximate surface area is 211 Å². The predicted octanol–water partition coefficient (Wildman–Crippen LogP) is 4.02. The number of hydrogen-bond donors (Lipinski definition) is 0. The number of alkyl halides is 3. The van der Waals surface area contributed by atoms with Gasteiger partial charge in [0, 0.05) is 43.3 Å². The molecule has 36 heavy (non-hydrogen) atoms. The summed E-state index contributed by atoms with van der Waals surface area (Å²) in [5.74, 6) is -0.101. The van der Waals surface area contributed by atoms with E-state index in [1.807, 2.05) is 4.90 Å². The SMILES string of the molecule is CN1C2CCC1CN(C(=O)c1cc3n(n1)CCCN(C(=O)OCc1cc(Cl)cc(C(F)(F)F)c1)C3)C2. The molecule has 2 aromatic rings. The summed E-state index contributed by atoms with van der Waals surface area (Å²) in [5.41, 5.74) is 0.331. The van der Waals surface area contributed by atoms with Crippen LogP contribution in [0, 0.1) is 0 Å². The van der Waals surface area contributed by atoms with Crippen LogP contribution in [0.15, 0.2) is 24.3 Å². The van der Waals surface area contributed by atoms with Crippen LogP contribution >= 0.6 is 11.6 Å². The van der Waals surface area contributed by atoms with Crippen molar-refractivity contribution in [1.29, 1.82) is 0 Å². The van der Waals surface area contributed by atoms with Crippen molar-refractivity contribution in [2.45, 2.75) is 57.2 Å². The second-order valence-corrected chi connectivity index (χ2v) is 10.1. The number of likely N-dealkylation sites (N-methyl/N-ethyl adjacent to an activating group) is 1. The van der Waals surface area contributed by atoms with Crippen LogP contribution in [0.25, 0.3) is 0 Å². The van der Waals surface area contributed by atoms with Gasteiger partial charge in [0.05, 0.1) is 17.8 Å². The molecule has 0 radical (unpaired) electrons. The molecule has 3 aliphatic heterocycles. The Morgan fingerprint density at radius 1 is 1.08 bits per heavy atom. The lowest BCUT2D eigenvalue weighted by molar-refractivity contribution is -0.137. The Kier molecular flexibility index (Phi) is 6.63. The second-order valence-electron chi connectivity index (χ2n) is 9.68. The number of aromatic nitrogens is 2. The first-order chi connectivity index (χ1) is 17.1. The molecule has 0 N–H and O–H groups in total. The summed E-state index contributed by atoms with van der Waals surface area (Å²) in [7, 11) is 2.11. The van der Waals surface area contributed by atoms with Crippen LogP contribution in [-0.2, 0) is 30.6 Å². The molecule has 5 rings (SSSR count). The number of carbonyl (C=O) groups is 2. The maximum atomic E-state index is 13.2. The molecule has 8 nitrogen and oxygen atoms in total. The fourth-order valence-electron chi connectivity index (χ4n) is 5.30. The fraction of sp³-hybridized carbons (Fsp3) is 0.542. The maximum absolute atomic E-state index is 13.2. The van der Waals surface area contributed by atoms with E-state index in [1.165, 1.54) is 11.0 Å². The first kappa shape index (κ1) is 24.9. The number of likely N-dealkylation sites (tertiary alicyclic amines) is 1. The number of nitrogens with zero attached hydrogens (tertiary/aromatic N) is 5. The largest absolute Gasteiger partial charge is 0.445 e. The Morgan fingerprint density at radius 3 is 2.50 bits per heavy atom. The van der Waals surface area contributed by atoms with Crippen molar-refractivity contribution in [1.82, 2.24) is 24.5 Å². The average Bonchev–Trinajstić information content (AvgIpc) is 3.20. The number of halogens is 4. The lowest BCUT2D eigenvalue weighted by Crippen LogP contribution is -2.53. The number of amides is 2. The molecule has 0 saturated carbocycles. The van der Waals surface area contributed by atoms with Crippen LogP contribution in [0.2, 0.25) is 5.02 Å². The molecule has 12 heteroatoms. The molecule has 0 spiro atoms. The summed E-state index contributed by atoms with van der Waals surface area (Å²) in [5, 5.41) is 4.43. The third kappa shape index (κ3) is 5.04. The molecule has 0 aliphatic carbocycles. The van der Waals surface area contributed by atoms with Crippen molar-refractivity contribution in [3.8, 4) is 0 Å². The average molecular weight is 526 g/mol. The molecule has 194 valence electrons. The number of rotatable bonds is 3. The van der Waals surface area contributed by atoms with Gasteiger partial charge in [-0.2, -0.15) is 18.3 Å².